The molecule has 74 valence electrons. The fourth-order valence-corrected chi connectivity index (χ4v) is 2.84. The lowest BCUT2D eigenvalue weighted by Crippen LogP contribution is -1.98. The van der Waals surface area contributed by atoms with E-state index in [2.05, 4.69) is 24.3 Å². The average Bonchev–Trinajstić information content (AvgIpc) is 2.63. The summed E-state index contributed by atoms with van der Waals surface area (Å²) in [5.74, 6) is 0. The van der Waals surface area contributed by atoms with Crippen molar-refractivity contribution in [1.29, 1.82) is 0 Å². The molecule has 1 fully saturated rings. The van der Waals surface area contributed by atoms with Crippen LogP contribution in [0.1, 0.15) is 24.8 Å². The van der Waals surface area contributed by atoms with Crippen LogP contribution in [0.3, 0.4) is 0 Å². The molecule has 0 bridgehead atoms. The summed E-state index contributed by atoms with van der Waals surface area (Å²) in [6.07, 6.45) is 4.10. The second kappa shape index (κ2) is 4.65. The van der Waals surface area contributed by atoms with E-state index in [0.717, 1.165) is 25.7 Å². The first-order chi connectivity index (χ1) is 6.84. The van der Waals surface area contributed by atoms with Crippen molar-refractivity contribution < 1.29 is 4.79 Å². The molecule has 1 heterocycles. The predicted molar refractivity (Wildman–Crippen MR) is 60.4 cm³/mol. The van der Waals surface area contributed by atoms with Gasteiger partial charge in [0.05, 0.1) is 0 Å². The van der Waals surface area contributed by atoms with Gasteiger partial charge in [-0.3, -0.25) is 4.79 Å². The largest absolute Gasteiger partial charge is 0.287 e. The monoisotopic (exact) mass is 206 g/mol. The fourth-order valence-electron chi connectivity index (χ4n) is 1.76. The normalized spacial score (nSPS) is 21.4. The lowest BCUT2D eigenvalue weighted by Gasteiger charge is -2.06. The van der Waals surface area contributed by atoms with Crippen LogP contribution < -0.4 is 0 Å². The standard InChI is InChI=1S/C12H14OS/c13-12-9-8-11(14-12)7-6-10-4-2-1-3-5-10/h1-5,11H,6-9H2. The molecular weight excluding hydrogens is 192 g/mol. The summed E-state index contributed by atoms with van der Waals surface area (Å²) < 4.78 is 0. The Kier molecular flexibility index (Phi) is 3.25. The summed E-state index contributed by atoms with van der Waals surface area (Å²) in [6.45, 7) is 0. The van der Waals surface area contributed by atoms with Crippen LogP contribution in [-0.2, 0) is 11.2 Å². The highest BCUT2D eigenvalue weighted by Gasteiger charge is 2.22. The summed E-state index contributed by atoms with van der Waals surface area (Å²) in [5, 5.41) is 0.950. The van der Waals surface area contributed by atoms with Crippen LogP contribution in [0.4, 0.5) is 0 Å². The highest BCUT2D eigenvalue weighted by molar-refractivity contribution is 8.14. The molecule has 1 aromatic rings. The van der Waals surface area contributed by atoms with Gasteiger partial charge in [-0.15, -0.1) is 0 Å². The van der Waals surface area contributed by atoms with Gasteiger partial charge in [-0.25, -0.2) is 0 Å². The van der Waals surface area contributed by atoms with Crippen LogP contribution in [0.15, 0.2) is 30.3 Å². The Hall–Kier alpha value is -0.760. The summed E-state index contributed by atoms with van der Waals surface area (Å²) in [4.78, 5) is 11.0. The van der Waals surface area contributed by atoms with Crippen molar-refractivity contribution in [3.63, 3.8) is 0 Å². The molecule has 2 heteroatoms. The number of carbonyl (C=O) groups is 1. The van der Waals surface area contributed by atoms with Gasteiger partial charge in [0.1, 0.15) is 0 Å². The number of hydrogen-bond acceptors (Lipinski definition) is 2. The summed E-state index contributed by atoms with van der Waals surface area (Å²) >= 11 is 1.55. The van der Waals surface area contributed by atoms with Crippen LogP contribution in [0.25, 0.3) is 0 Å². The number of hydrogen-bond donors (Lipinski definition) is 0. The summed E-state index contributed by atoms with van der Waals surface area (Å²) in [7, 11) is 0. The molecule has 2 rings (SSSR count). The molecule has 1 atom stereocenters. The Morgan fingerprint density at radius 3 is 2.71 bits per heavy atom. The third-order valence-electron chi connectivity index (χ3n) is 2.57. The second-order valence-electron chi connectivity index (χ2n) is 3.67. The van der Waals surface area contributed by atoms with Crippen molar-refractivity contribution in [2.75, 3.05) is 0 Å². The molecule has 1 aliphatic rings. The van der Waals surface area contributed by atoms with Crippen molar-refractivity contribution in [1.82, 2.24) is 0 Å². The number of benzene rings is 1. The van der Waals surface area contributed by atoms with E-state index in [4.69, 9.17) is 0 Å². The van der Waals surface area contributed by atoms with Crippen molar-refractivity contribution in [2.24, 2.45) is 0 Å². The van der Waals surface area contributed by atoms with Crippen molar-refractivity contribution >= 4 is 16.9 Å². The Labute approximate surface area is 88.9 Å². The lowest BCUT2D eigenvalue weighted by molar-refractivity contribution is -0.110. The topological polar surface area (TPSA) is 17.1 Å². The Morgan fingerprint density at radius 1 is 1.29 bits per heavy atom. The molecule has 0 aliphatic carbocycles. The van der Waals surface area contributed by atoms with Gasteiger partial charge in [0.2, 0.25) is 0 Å². The van der Waals surface area contributed by atoms with E-state index in [9.17, 15) is 4.79 Å². The van der Waals surface area contributed by atoms with E-state index in [1.54, 1.807) is 11.8 Å². The molecular formula is C12H14OS. The van der Waals surface area contributed by atoms with Crippen molar-refractivity contribution in [3.05, 3.63) is 35.9 Å². The smallest absolute Gasteiger partial charge is 0.189 e. The van der Waals surface area contributed by atoms with Crippen LogP contribution >= 0.6 is 11.8 Å². The first-order valence-corrected chi connectivity index (χ1v) is 5.96. The van der Waals surface area contributed by atoms with Gasteiger partial charge >= 0.3 is 0 Å². The fraction of sp³-hybridized carbons (Fsp3) is 0.417. The third-order valence-corrected chi connectivity index (χ3v) is 3.84. The average molecular weight is 206 g/mol. The molecule has 0 N–H and O–H groups in total. The minimum Gasteiger partial charge on any atom is -0.287 e. The van der Waals surface area contributed by atoms with Crippen LogP contribution in [0.5, 0.6) is 0 Å². The zero-order valence-electron chi connectivity index (χ0n) is 8.11. The van der Waals surface area contributed by atoms with Gasteiger partial charge in [-0.05, 0) is 24.8 Å². The Balaban J connectivity index is 1.80. The number of carbonyl (C=O) groups excluding carboxylic acids is 1. The SMILES string of the molecule is O=C1CCC(CCc2ccccc2)S1. The van der Waals surface area contributed by atoms with Gasteiger partial charge in [0, 0.05) is 11.7 Å². The maximum Gasteiger partial charge on any atom is 0.189 e. The summed E-state index contributed by atoms with van der Waals surface area (Å²) in [6, 6.07) is 10.5. The van der Waals surface area contributed by atoms with Gasteiger partial charge in [0.15, 0.2) is 5.12 Å². The van der Waals surface area contributed by atoms with Crippen molar-refractivity contribution in [3.8, 4) is 0 Å². The molecule has 1 saturated heterocycles. The quantitative estimate of drug-likeness (QED) is 0.756. The maximum atomic E-state index is 11.0. The van der Waals surface area contributed by atoms with E-state index >= 15 is 0 Å². The number of rotatable bonds is 3. The molecule has 0 spiro atoms. The number of thioether (sulfide) groups is 1. The molecule has 0 aromatic heterocycles. The Bertz CT molecular complexity index is 307. The van der Waals surface area contributed by atoms with Crippen LogP contribution in [0.2, 0.25) is 0 Å². The molecule has 1 unspecified atom stereocenters. The summed E-state index contributed by atoms with van der Waals surface area (Å²) in [5.41, 5.74) is 1.38. The zero-order chi connectivity index (χ0) is 9.80. The minimum absolute atomic E-state index is 0.378. The molecule has 0 radical (unpaired) electrons. The van der Waals surface area contributed by atoms with E-state index in [1.165, 1.54) is 5.56 Å². The molecule has 1 nitrogen and oxygen atoms in total. The van der Waals surface area contributed by atoms with E-state index in [1.807, 2.05) is 6.07 Å². The van der Waals surface area contributed by atoms with Gasteiger partial charge in [0.25, 0.3) is 0 Å². The second-order valence-corrected chi connectivity index (χ2v) is 5.03. The van der Waals surface area contributed by atoms with Gasteiger partial charge in [-0.2, -0.15) is 0 Å². The van der Waals surface area contributed by atoms with Gasteiger partial charge < -0.3 is 0 Å². The minimum atomic E-state index is 0.378. The van der Waals surface area contributed by atoms with E-state index < -0.39 is 0 Å². The lowest BCUT2D eigenvalue weighted by atomic mass is 10.1. The third kappa shape index (κ3) is 2.61. The van der Waals surface area contributed by atoms with Gasteiger partial charge in [-0.1, -0.05) is 42.1 Å². The molecule has 1 aromatic carbocycles. The molecule has 0 amide bonds. The highest BCUT2D eigenvalue weighted by Crippen LogP contribution is 2.30. The predicted octanol–water partition coefficient (Wildman–Crippen LogP) is 3.04. The first kappa shape index (κ1) is 9.78. The maximum absolute atomic E-state index is 11.0. The zero-order valence-corrected chi connectivity index (χ0v) is 8.93. The van der Waals surface area contributed by atoms with E-state index in [-0.39, 0.29) is 0 Å². The van der Waals surface area contributed by atoms with E-state index in [0.29, 0.717) is 10.4 Å². The number of aryl methyl sites for hydroxylation is 1. The first-order valence-electron chi connectivity index (χ1n) is 5.08. The van der Waals surface area contributed by atoms with Crippen LogP contribution in [-0.4, -0.2) is 10.4 Å². The molecule has 1 aliphatic heterocycles. The highest BCUT2D eigenvalue weighted by atomic mass is 32.2. The van der Waals surface area contributed by atoms with Crippen molar-refractivity contribution in [2.45, 2.75) is 30.9 Å². The molecule has 0 saturated carbocycles. The Morgan fingerprint density at radius 2 is 2.07 bits per heavy atom. The molecule has 14 heavy (non-hydrogen) atoms. The van der Waals surface area contributed by atoms with Crippen LogP contribution in [0, 0.1) is 0 Å².